The van der Waals surface area contributed by atoms with Crippen molar-refractivity contribution < 1.29 is 18.4 Å². The summed E-state index contributed by atoms with van der Waals surface area (Å²) in [5, 5.41) is 8.88. The summed E-state index contributed by atoms with van der Waals surface area (Å²) < 4.78 is 22.3. The van der Waals surface area contributed by atoms with Crippen molar-refractivity contribution in [3.63, 3.8) is 0 Å². The minimum atomic E-state index is -3.68. The normalized spacial score (nSPS) is 13.9. The van der Waals surface area contributed by atoms with E-state index in [0.717, 1.165) is 22.9 Å². The van der Waals surface area contributed by atoms with Crippen molar-refractivity contribution in [1.82, 2.24) is 5.48 Å². The molecule has 0 radical (unpaired) electrons. The summed E-state index contributed by atoms with van der Waals surface area (Å²) in [4.78, 5) is 11.9. The molecule has 0 aromatic heterocycles. The molecular formula is C20H25NO4S. The van der Waals surface area contributed by atoms with Gasteiger partial charge in [-0.3, -0.25) is 10.0 Å². The van der Waals surface area contributed by atoms with E-state index in [1.54, 1.807) is 0 Å². The fourth-order valence-corrected chi connectivity index (χ4v) is 3.74. The zero-order valence-corrected chi connectivity index (χ0v) is 16.4. The van der Waals surface area contributed by atoms with Gasteiger partial charge < -0.3 is 0 Å². The summed E-state index contributed by atoms with van der Waals surface area (Å²) in [5.74, 6) is -0.910. The maximum absolute atomic E-state index is 12.0. The smallest absolute Gasteiger partial charge is 0.264 e. The highest BCUT2D eigenvalue weighted by molar-refractivity contribution is 7.92. The van der Waals surface area contributed by atoms with Crippen LogP contribution in [0, 0.1) is 13.8 Å². The van der Waals surface area contributed by atoms with E-state index in [1.165, 1.54) is 23.5 Å². The summed E-state index contributed by atoms with van der Waals surface area (Å²) in [5.41, 5.74) is 7.11. The first-order chi connectivity index (χ1) is 12.1. The Labute approximate surface area is 154 Å². The Kier molecular flexibility index (Phi) is 5.88. The average Bonchev–Trinajstić information content (AvgIpc) is 2.60. The maximum atomic E-state index is 12.0. The van der Waals surface area contributed by atoms with E-state index in [-0.39, 0.29) is 6.42 Å². The Balaban J connectivity index is 2.22. The second-order valence-corrected chi connectivity index (χ2v) is 9.33. The maximum Gasteiger partial charge on any atom is 0.264 e. The third kappa shape index (κ3) is 3.97. The number of aryl methyl sites for hydroxylation is 2. The third-order valence-electron chi connectivity index (χ3n) is 5.16. The molecule has 0 aliphatic rings. The van der Waals surface area contributed by atoms with Crippen LogP contribution in [0.5, 0.6) is 0 Å². The van der Waals surface area contributed by atoms with Gasteiger partial charge in [-0.15, -0.1) is 0 Å². The topological polar surface area (TPSA) is 83.5 Å². The van der Waals surface area contributed by atoms with Crippen LogP contribution in [0.25, 0.3) is 11.1 Å². The van der Waals surface area contributed by atoms with Crippen LogP contribution in [-0.4, -0.2) is 30.5 Å². The molecule has 1 unspecified atom stereocenters. The molecule has 0 saturated heterocycles. The average molecular weight is 375 g/mol. The molecule has 1 amide bonds. The van der Waals surface area contributed by atoms with Crippen molar-refractivity contribution in [3.05, 3.63) is 59.2 Å². The van der Waals surface area contributed by atoms with Crippen LogP contribution in [0.4, 0.5) is 0 Å². The molecule has 0 fully saturated rings. The predicted octanol–water partition coefficient (Wildman–Crippen LogP) is 3.21. The Morgan fingerprint density at radius 2 is 1.73 bits per heavy atom. The molecule has 5 nitrogen and oxygen atoms in total. The van der Waals surface area contributed by atoms with Crippen LogP contribution in [-0.2, 0) is 21.1 Å². The number of rotatable bonds is 6. The van der Waals surface area contributed by atoms with Gasteiger partial charge in [0, 0.05) is 6.26 Å². The molecule has 0 heterocycles. The lowest BCUT2D eigenvalue weighted by Gasteiger charge is -2.25. The molecule has 6 heteroatoms. The summed E-state index contributed by atoms with van der Waals surface area (Å²) in [6.07, 6.45) is 1.50. The number of benzene rings is 2. The zero-order valence-electron chi connectivity index (χ0n) is 15.5. The number of nitrogens with one attached hydrogen (secondary N) is 1. The molecule has 0 bridgehead atoms. The Morgan fingerprint density at radius 3 is 2.27 bits per heavy atom. The molecule has 140 valence electrons. The highest BCUT2D eigenvalue weighted by Gasteiger charge is 2.43. The highest BCUT2D eigenvalue weighted by Crippen LogP contribution is 2.27. The lowest BCUT2D eigenvalue weighted by Crippen LogP contribution is -2.49. The number of amides is 1. The minimum Gasteiger partial charge on any atom is -0.289 e. The molecule has 2 aromatic rings. The number of carbonyl (C=O) groups excluding carboxylic acids is 1. The van der Waals surface area contributed by atoms with Crippen molar-refractivity contribution >= 4 is 15.7 Å². The van der Waals surface area contributed by atoms with Crippen molar-refractivity contribution in [2.24, 2.45) is 0 Å². The SMILES string of the molecule is Cc1cccc(-c2ccc(CCC(C)(C(=O)NO)S(C)(=O)=O)cc2)c1C. The minimum absolute atomic E-state index is 0.0844. The fraction of sp³-hybridized carbons (Fsp3) is 0.350. The molecule has 2 N–H and O–H groups in total. The summed E-state index contributed by atoms with van der Waals surface area (Å²) in [6.45, 7) is 5.49. The van der Waals surface area contributed by atoms with Crippen molar-refractivity contribution in [2.45, 2.75) is 38.4 Å². The fourth-order valence-electron chi connectivity index (χ4n) is 2.88. The first-order valence-corrected chi connectivity index (χ1v) is 10.3. The Bertz CT molecular complexity index is 904. The number of carbonyl (C=O) groups is 1. The molecule has 0 saturated carbocycles. The second kappa shape index (κ2) is 7.60. The van der Waals surface area contributed by atoms with Gasteiger partial charge in [-0.05, 0) is 61.4 Å². The predicted molar refractivity (Wildman–Crippen MR) is 103 cm³/mol. The van der Waals surface area contributed by atoms with E-state index >= 15 is 0 Å². The van der Waals surface area contributed by atoms with Crippen LogP contribution in [0.3, 0.4) is 0 Å². The lowest BCUT2D eigenvalue weighted by molar-refractivity contribution is -0.131. The van der Waals surface area contributed by atoms with E-state index in [9.17, 15) is 13.2 Å². The summed E-state index contributed by atoms with van der Waals surface area (Å²) in [6, 6.07) is 14.1. The molecule has 1 atom stereocenters. The third-order valence-corrected chi connectivity index (χ3v) is 7.19. The number of hydrogen-bond acceptors (Lipinski definition) is 4. The van der Waals surface area contributed by atoms with E-state index in [4.69, 9.17) is 5.21 Å². The Morgan fingerprint density at radius 1 is 1.12 bits per heavy atom. The van der Waals surface area contributed by atoms with E-state index < -0.39 is 20.5 Å². The van der Waals surface area contributed by atoms with Crippen LogP contribution in [0.15, 0.2) is 42.5 Å². The largest absolute Gasteiger partial charge is 0.289 e. The van der Waals surface area contributed by atoms with Gasteiger partial charge in [0.1, 0.15) is 4.75 Å². The zero-order chi connectivity index (χ0) is 19.5. The monoisotopic (exact) mass is 375 g/mol. The molecule has 2 rings (SSSR count). The van der Waals surface area contributed by atoms with Gasteiger partial charge in [-0.1, -0.05) is 42.5 Å². The van der Waals surface area contributed by atoms with Crippen molar-refractivity contribution in [2.75, 3.05) is 6.26 Å². The van der Waals surface area contributed by atoms with Crippen LogP contribution in [0.1, 0.15) is 30.0 Å². The van der Waals surface area contributed by atoms with Gasteiger partial charge in [0.05, 0.1) is 0 Å². The lowest BCUT2D eigenvalue weighted by atomic mass is 9.94. The molecule has 2 aromatic carbocycles. The van der Waals surface area contributed by atoms with Gasteiger partial charge in [-0.2, -0.15) is 0 Å². The van der Waals surface area contributed by atoms with Gasteiger partial charge in [0.15, 0.2) is 9.84 Å². The van der Waals surface area contributed by atoms with E-state index in [1.807, 2.05) is 30.3 Å². The number of hydroxylamine groups is 1. The molecule has 0 aliphatic carbocycles. The van der Waals surface area contributed by atoms with E-state index in [2.05, 4.69) is 26.0 Å². The van der Waals surface area contributed by atoms with Crippen LogP contribution >= 0.6 is 0 Å². The van der Waals surface area contributed by atoms with Gasteiger partial charge in [0.25, 0.3) is 5.91 Å². The number of hydrogen-bond donors (Lipinski definition) is 2. The molecular weight excluding hydrogens is 350 g/mol. The standard InChI is InChI=1S/C20H25NO4S/c1-14-6-5-7-18(15(14)2)17-10-8-16(9-11-17)12-13-20(3,19(22)21-23)26(4,24)25/h5-11,23H,12-13H2,1-4H3,(H,21,22). The molecule has 0 spiro atoms. The van der Waals surface area contributed by atoms with Crippen LogP contribution in [0.2, 0.25) is 0 Å². The quantitative estimate of drug-likeness (QED) is 0.600. The highest BCUT2D eigenvalue weighted by atomic mass is 32.2. The number of sulfone groups is 1. The second-order valence-electron chi connectivity index (χ2n) is 6.89. The summed E-state index contributed by atoms with van der Waals surface area (Å²) >= 11 is 0. The molecule has 26 heavy (non-hydrogen) atoms. The van der Waals surface area contributed by atoms with Gasteiger partial charge >= 0.3 is 0 Å². The van der Waals surface area contributed by atoms with E-state index in [0.29, 0.717) is 6.42 Å². The van der Waals surface area contributed by atoms with Gasteiger partial charge in [0.2, 0.25) is 0 Å². The Hall–Kier alpha value is -2.18. The summed E-state index contributed by atoms with van der Waals surface area (Å²) in [7, 11) is -3.68. The first-order valence-electron chi connectivity index (χ1n) is 8.40. The molecule has 0 aliphatic heterocycles. The van der Waals surface area contributed by atoms with Crippen molar-refractivity contribution in [1.29, 1.82) is 0 Å². The van der Waals surface area contributed by atoms with Gasteiger partial charge in [-0.25, -0.2) is 13.9 Å². The first kappa shape index (κ1) is 20.1. The van der Waals surface area contributed by atoms with Crippen LogP contribution < -0.4 is 5.48 Å². The van der Waals surface area contributed by atoms with Crippen molar-refractivity contribution in [3.8, 4) is 11.1 Å².